The Bertz CT molecular complexity index is 163. The van der Waals surface area contributed by atoms with Crippen LogP contribution in [0.25, 0.3) is 0 Å². The molecule has 0 rings (SSSR count). The molecule has 1 unspecified atom stereocenters. The molecule has 4 nitrogen and oxygen atoms in total. The van der Waals surface area contributed by atoms with Crippen molar-refractivity contribution in [2.24, 2.45) is 0 Å². The summed E-state index contributed by atoms with van der Waals surface area (Å²) in [5.41, 5.74) is 1.87. The molecule has 0 heterocycles. The Hall–Kier alpha value is -0.260. The summed E-state index contributed by atoms with van der Waals surface area (Å²) < 4.78 is 0. The van der Waals surface area contributed by atoms with E-state index in [0.29, 0.717) is 12.8 Å². The molecule has 72 valence electrons. The summed E-state index contributed by atoms with van der Waals surface area (Å²) in [5.74, 6) is -1.24. The highest BCUT2D eigenvalue weighted by atomic mass is 32.2. The van der Waals surface area contributed by atoms with Gasteiger partial charge in [-0.25, -0.2) is 0 Å². The van der Waals surface area contributed by atoms with Crippen LogP contribution in [0.3, 0.4) is 0 Å². The molecular weight excluding hydrogens is 178 g/mol. The van der Waals surface area contributed by atoms with Crippen LogP contribution in [0, 0.1) is 0 Å². The predicted molar refractivity (Wildman–Crippen MR) is 46.8 cm³/mol. The molecule has 0 saturated heterocycles. The Kier molecular flexibility index (Phi) is 4.59. The van der Waals surface area contributed by atoms with E-state index >= 15 is 0 Å². The predicted octanol–water partition coefficient (Wildman–Crippen LogP) is -0.911. The van der Waals surface area contributed by atoms with Gasteiger partial charge in [0.25, 0.3) is 0 Å². The molecule has 5 heteroatoms. The van der Waals surface area contributed by atoms with Gasteiger partial charge < -0.3 is 15.1 Å². The lowest BCUT2D eigenvalue weighted by atomic mass is 10.2. The highest BCUT2D eigenvalue weighted by Crippen LogP contribution is 2.18. The third kappa shape index (κ3) is 2.12. The smallest absolute Gasteiger partial charge is 0.239 e. The van der Waals surface area contributed by atoms with Crippen LogP contribution in [0.1, 0.15) is 19.8 Å². The number of carboxylic acid groups (broad SMARTS) is 1. The van der Waals surface area contributed by atoms with Crippen molar-refractivity contribution in [3.05, 3.63) is 0 Å². The second kappa shape index (κ2) is 4.69. The molecule has 1 atom stereocenters. The van der Waals surface area contributed by atoms with Crippen molar-refractivity contribution in [2.75, 3.05) is 12.5 Å². The van der Waals surface area contributed by atoms with E-state index in [0.717, 1.165) is 0 Å². The van der Waals surface area contributed by atoms with Gasteiger partial charge in [-0.3, -0.25) is 0 Å². The Morgan fingerprint density at radius 2 is 2.17 bits per heavy atom. The molecule has 0 aliphatic heterocycles. The van der Waals surface area contributed by atoms with Crippen molar-refractivity contribution in [1.29, 1.82) is 0 Å². The number of carboxylic acids is 1. The minimum Gasteiger partial charge on any atom is -0.543 e. The Morgan fingerprint density at radius 3 is 2.25 bits per heavy atom. The summed E-state index contributed by atoms with van der Waals surface area (Å²) in [6, 6.07) is 0. The first-order valence-corrected chi connectivity index (χ1v) is 5.75. The normalized spacial score (nSPS) is 16.1. The van der Waals surface area contributed by atoms with E-state index in [1.165, 1.54) is 0 Å². The van der Waals surface area contributed by atoms with Gasteiger partial charge in [0.05, 0.1) is 12.5 Å². The third-order valence-electron chi connectivity index (χ3n) is 1.81. The molecule has 0 spiro atoms. The van der Waals surface area contributed by atoms with Gasteiger partial charge in [0, 0.05) is 17.3 Å². The van der Waals surface area contributed by atoms with Crippen molar-refractivity contribution in [3.8, 4) is 0 Å². The van der Waals surface area contributed by atoms with Gasteiger partial charge in [-0.2, -0.15) is 0 Å². The van der Waals surface area contributed by atoms with Crippen LogP contribution in [0.15, 0.2) is 0 Å². The quantitative estimate of drug-likeness (QED) is 0.438. The van der Waals surface area contributed by atoms with Crippen molar-refractivity contribution < 1.29 is 15.1 Å². The second-order valence-electron chi connectivity index (χ2n) is 2.79. The van der Waals surface area contributed by atoms with Crippen molar-refractivity contribution >= 4 is 16.9 Å². The first-order chi connectivity index (χ1) is 5.51. The molecule has 0 radical (unpaired) electrons. The zero-order valence-electron chi connectivity index (χ0n) is 7.59. The fourth-order valence-corrected chi connectivity index (χ4v) is 2.15. The van der Waals surface area contributed by atoms with Gasteiger partial charge in [0.15, 0.2) is 0 Å². The van der Waals surface area contributed by atoms with Gasteiger partial charge >= 0.3 is 0 Å². The number of hydrogen-bond donors (Lipinski definition) is 2. The van der Waals surface area contributed by atoms with Gasteiger partial charge in [-0.1, -0.05) is 6.92 Å². The maximum absolute atomic E-state index is 10.8. The Labute approximate surface area is 75.3 Å². The lowest BCUT2D eigenvalue weighted by Crippen LogP contribution is -2.61. The average Bonchev–Trinajstić information content (AvgIpc) is 1.98. The molecule has 0 saturated carbocycles. The number of carbonyl (C=O) groups excluding carboxylic acids is 1. The summed E-state index contributed by atoms with van der Waals surface area (Å²) in [5, 5.41) is 19.5. The monoisotopic (exact) mass is 193 g/mol. The lowest BCUT2D eigenvalue weighted by molar-refractivity contribution is -0.312. The van der Waals surface area contributed by atoms with Crippen LogP contribution in [-0.4, -0.2) is 28.6 Å². The Morgan fingerprint density at radius 1 is 1.67 bits per heavy atom. The number of rotatable bonds is 5. The van der Waals surface area contributed by atoms with Crippen LogP contribution in [0.2, 0.25) is 0 Å². The molecule has 0 aliphatic rings. The number of aliphatic carboxylic acids is 1. The van der Waals surface area contributed by atoms with Crippen LogP contribution < -0.4 is 10.6 Å². The first-order valence-electron chi connectivity index (χ1n) is 3.71. The second-order valence-corrected chi connectivity index (χ2v) is 5.12. The van der Waals surface area contributed by atoms with E-state index < -0.39 is 21.7 Å². The molecule has 0 bridgehead atoms. The molecule has 12 heavy (non-hydrogen) atoms. The van der Waals surface area contributed by atoms with E-state index in [4.69, 9.17) is 5.21 Å². The fraction of sp³-hybridized carbons (Fsp3) is 0.857. The lowest BCUT2D eigenvalue weighted by Gasteiger charge is -2.28. The van der Waals surface area contributed by atoms with Crippen LogP contribution >= 0.6 is 0 Å². The van der Waals surface area contributed by atoms with Crippen molar-refractivity contribution in [1.82, 2.24) is 5.48 Å². The van der Waals surface area contributed by atoms with Gasteiger partial charge in [-0.15, -0.1) is 5.48 Å². The maximum Gasteiger partial charge on any atom is 0.239 e. The van der Waals surface area contributed by atoms with Crippen LogP contribution in [0.5, 0.6) is 0 Å². The highest BCUT2D eigenvalue weighted by Gasteiger charge is 2.42. The number of hydroxylamine groups is 1. The summed E-state index contributed by atoms with van der Waals surface area (Å²) in [4.78, 5) is 9.49. The third-order valence-corrected chi connectivity index (χ3v) is 3.67. The zero-order chi connectivity index (χ0) is 9.78. The van der Waals surface area contributed by atoms with Crippen LogP contribution in [0.4, 0.5) is 0 Å². The molecule has 2 N–H and O–H groups in total. The molecule has 0 aromatic carbocycles. The summed E-state index contributed by atoms with van der Waals surface area (Å²) in [6.45, 7) is 1.86. The van der Waals surface area contributed by atoms with Gasteiger partial charge in [0.2, 0.25) is 4.87 Å². The van der Waals surface area contributed by atoms with E-state index in [1.807, 2.05) is 12.4 Å². The minimum atomic E-state index is -1.27. The largest absolute Gasteiger partial charge is 0.543 e. The topological polar surface area (TPSA) is 72.4 Å². The number of hydrogen-bond acceptors (Lipinski definition) is 4. The molecular formula is C7H15NO3S. The molecule has 0 fully saturated rings. The fourth-order valence-electron chi connectivity index (χ4n) is 1.02. The molecule has 0 amide bonds. The minimum absolute atomic E-state index is 0.377. The Balaban J connectivity index is 4.63. The zero-order valence-corrected chi connectivity index (χ0v) is 8.40. The number of carbonyl (C=O) groups is 1. The molecule has 0 aromatic heterocycles. The highest BCUT2D eigenvalue weighted by molar-refractivity contribution is 7.97. The van der Waals surface area contributed by atoms with Crippen molar-refractivity contribution in [3.63, 3.8) is 0 Å². The standard InChI is InChI=1S/C7H15NO3S/c1-4-5-7(8-11,6(9)10)12(2)3/h8,11H,4-5H2,1-3H3. The van der Waals surface area contributed by atoms with E-state index in [-0.39, 0.29) is 0 Å². The van der Waals surface area contributed by atoms with Crippen LogP contribution in [-0.2, 0) is 15.7 Å². The average molecular weight is 193 g/mol. The van der Waals surface area contributed by atoms with Crippen molar-refractivity contribution in [2.45, 2.75) is 24.6 Å². The van der Waals surface area contributed by atoms with Gasteiger partial charge in [0.1, 0.15) is 5.97 Å². The van der Waals surface area contributed by atoms with E-state index in [2.05, 4.69) is 0 Å². The SMILES string of the molecule is CCCC(NO)(C(=O)[O-])[S+](C)C. The molecule has 0 aliphatic carbocycles. The summed E-state index contributed by atoms with van der Waals surface area (Å²) in [6.07, 6.45) is 4.58. The maximum atomic E-state index is 10.8. The number of nitrogens with one attached hydrogen (secondary N) is 1. The molecule has 0 aromatic rings. The van der Waals surface area contributed by atoms with Gasteiger partial charge in [-0.05, 0) is 6.42 Å². The summed E-state index contributed by atoms with van der Waals surface area (Å²) in [7, 11) is -0.465. The first kappa shape index (κ1) is 11.7. The van der Waals surface area contributed by atoms with E-state index in [9.17, 15) is 9.90 Å². The van der Waals surface area contributed by atoms with E-state index in [1.54, 1.807) is 12.5 Å². The summed E-state index contributed by atoms with van der Waals surface area (Å²) >= 11 is 0.